The van der Waals surface area contributed by atoms with Crippen LogP contribution in [0.25, 0.3) is 5.78 Å². The summed E-state index contributed by atoms with van der Waals surface area (Å²) in [6, 6.07) is 4.20. The van der Waals surface area contributed by atoms with Crippen LogP contribution in [0.5, 0.6) is 0 Å². The minimum atomic E-state index is 0.649. The van der Waals surface area contributed by atoms with Gasteiger partial charge in [0.05, 0.1) is 6.54 Å². The highest BCUT2D eigenvalue weighted by molar-refractivity contribution is 7.09. The number of rotatable bonds is 5. The van der Waals surface area contributed by atoms with Gasteiger partial charge in [0, 0.05) is 16.1 Å². The van der Waals surface area contributed by atoms with Gasteiger partial charge in [-0.3, -0.25) is 0 Å². The first-order chi connectivity index (χ1) is 9.79. The van der Waals surface area contributed by atoms with Gasteiger partial charge < -0.3 is 5.32 Å². The van der Waals surface area contributed by atoms with Crippen molar-refractivity contribution in [3.05, 3.63) is 40.0 Å². The number of nitrogens with one attached hydrogen (secondary N) is 1. The normalized spacial score (nSPS) is 11.1. The van der Waals surface area contributed by atoms with Gasteiger partial charge in [0.2, 0.25) is 0 Å². The summed E-state index contributed by atoms with van der Waals surface area (Å²) in [7, 11) is 0. The van der Waals surface area contributed by atoms with Crippen LogP contribution in [0.4, 0.5) is 5.82 Å². The molecule has 0 aliphatic rings. The molecular weight excluding hydrogens is 270 g/mol. The molecule has 20 heavy (non-hydrogen) atoms. The van der Waals surface area contributed by atoms with Gasteiger partial charge in [-0.15, -0.1) is 11.3 Å². The SMILES string of the molecule is CCCc1c(C)nc2ncnn2c1NCc1cccs1. The molecule has 0 radical (unpaired) electrons. The van der Waals surface area contributed by atoms with E-state index in [0.717, 1.165) is 30.9 Å². The number of aryl methyl sites for hydroxylation is 1. The second-order valence-corrected chi connectivity index (χ2v) is 5.71. The first kappa shape index (κ1) is 13.1. The van der Waals surface area contributed by atoms with Crippen LogP contribution in [0.15, 0.2) is 23.8 Å². The van der Waals surface area contributed by atoms with Gasteiger partial charge in [-0.25, -0.2) is 4.98 Å². The van der Waals surface area contributed by atoms with E-state index in [-0.39, 0.29) is 0 Å². The third-order valence-corrected chi connectivity index (χ3v) is 4.12. The molecule has 0 aliphatic heterocycles. The average molecular weight is 287 g/mol. The summed E-state index contributed by atoms with van der Waals surface area (Å²) in [4.78, 5) is 10.0. The zero-order valence-electron chi connectivity index (χ0n) is 11.6. The Balaban J connectivity index is 2.00. The van der Waals surface area contributed by atoms with Crippen LogP contribution in [0.2, 0.25) is 0 Å². The Kier molecular flexibility index (Phi) is 3.64. The lowest BCUT2D eigenvalue weighted by atomic mass is 10.1. The molecule has 1 N–H and O–H groups in total. The van der Waals surface area contributed by atoms with E-state index in [9.17, 15) is 0 Å². The largest absolute Gasteiger partial charge is 0.365 e. The molecule has 3 heterocycles. The Hall–Kier alpha value is -1.95. The van der Waals surface area contributed by atoms with Crippen molar-refractivity contribution in [1.82, 2.24) is 19.6 Å². The fourth-order valence-corrected chi connectivity index (χ4v) is 2.95. The van der Waals surface area contributed by atoms with Gasteiger partial charge in [0.25, 0.3) is 5.78 Å². The molecule has 0 fully saturated rings. The molecule has 0 unspecified atom stereocenters. The number of nitrogens with zero attached hydrogens (tertiary/aromatic N) is 4. The maximum absolute atomic E-state index is 4.51. The van der Waals surface area contributed by atoms with Crippen LogP contribution in [-0.4, -0.2) is 19.6 Å². The lowest BCUT2D eigenvalue weighted by molar-refractivity contribution is 0.846. The Bertz CT molecular complexity index is 702. The standard InChI is InChI=1S/C14H17N5S/c1-3-5-12-10(2)18-14-16-9-17-19(14)13(12)15-8-11-6-4-7-20-11/h4,6-7,9,15H,3,5,8H2,1-2H3. The molecule has 0 saturated heterocycles. The van der Waals surface area contributed by atoms with E-state index in [1.165, 1.54) is 10.4 Å². The summed E-state index contributed by atoms with van der Waals surface area (Å²) in [6.07, 6.45) is 3.62. The fraction of sp³-hybridized carbons (Fsp3) is 0.357. The molecule has 5 nitrogen and oxygen atoms in total. The summed E-state index contributed by atoms with van der Waals surface area (Å²) in [5.74, 6) is 1.66. The van der Waals surface area contributed by atoms with Crippen LogP contribution < -0.4 is 5.32 Å². The molecule has 0 spiro atoms. The predicted molar refractivity (Wildman–Crippen MR) is 81.2 cm³/mol. The van der Waals surface area contributed by atoms with Crippen LogP contribution in [-0.2, 0) is 13.0 Å². The van der Waals surface area contributed by atoms with E-state index in [0.29, 0.717) is 5.78 Å². The van der Waals surface area contributed by atoms with Crippen LogP contribution in [0.1, 0.15) is 29.5 Å². The maximum Gasteiger partial charge on any atom is 0.254 e. The molecule has 0 saturated carbocycles. The van der Waals surface area contributed by atoms with E-state index >= 15 is 0 Å². The number of fused-ring (bicyclic) bond motifs is 1. The molecular formula is C14H17N5S. The third-order valence-electron chi connectivity index (χ3n) is 3.24. The molecule has 104 valence electrons. The van der Waals surface area contributed by atoms with Crippen LogP contribution in [0, 0.1) is 6.92 Å². The van der Waals surface area contributed by atoms with Crippen molar-refractivity contribution in [2.45, 2.75) is 33.2 Å². The highest BCUT2D eigenvalue weighted by atomic mass is 32.1. The van der Waals surface area contributed by atoms with Crippen molar-refractivity contribution in [2.75, 3.05) is 5.32 Å². The third kappa shape index (κ3) is 2.38. The molecule has 0 atom stereocenters. The van der Waals surface area contributed by atoms with Crippen molar-refractivity contribution in [2.24, 2.45) is 0 Å². The topological polar surface area (TPSA) is 55.1 Å². The quantitative estimate of drug-likeness (QED) is 0.783. The summed E-state index contributed by atoms with van der Waals surface area (Å²) >= 11 is 1.75. The summed E-state index contributed by atoms with van der Waals surface area (Å²) in [5, 5.41) is 9.88. The molecule has 3 aromatic rings. The van der Waals surface area contributed by atoms with Gasteiger partial charge in [-0.2, -0.15) is 14.6 Å². The summed E-state index contributed by atoms with van der Waals surface area (Å²) in [6.45, 7) is 5.01. The van der Waals surface area contributed by atoms with Gasteiger partial charge in [0.1, 0.15) is 12.1 Å². The van der Waals surface area contributed by atoms with E-state index in [2.05, 4.69) is 44.8 Å². The van der Waals surface area contributed by atoms with E-state index < -0.39 is 0 Å². The molecule has 3 rings (SSSR count). The van der Waals surface area contributed by atoms with Gasteiger partial charge in [-0.05, 0) is 24.8 Å². The second kappa shape index (κ2) is 5.58. The first-order valence-electron chi connectivity index (χ1n) is 6.75. The highest BCUT2D eigenvalue weighted by Crippen LogP contribution is 2.22. The van der Waals surface area contributed by atoms with Crippen LogP contribution in [0.3, 0.4) is 0 Å². The Morgan fingerprint density at radius 3 is 3.05 bits per heavy atom. The second-order valence-electron chi connectivity index (χ2n) is 4.68. The molecule has 0 amide bonds. The van der Waals surface area contributed by atoms with E-state index in [1.54, 1.807) is 22.2 Å². The van der Waals surface area contributed by atoms with E-state index in [4.69, 9.17) is 0 Å². The molecule has 0 aliphatic carbocycles. The monoisotopic (exact) mass is 287 g/mol. The number of anilines is 1. The van der Waals surface area contributed by atoms with Crippen LogP contribution >= 0.6 is 11.3 Å². The van der Waals surface area contributed by atoms with E-state index in [1.807, 2.05) is 6.92 Å². The molecule has 3 aromatic heterocycles. The van der Waals surface area contributed by atoms with Crippen molar-refractivity contribution >= 4 is 22.9 Å². The Labute approximate surface area is 121 Å². The van der Waals surface area contributed by atoms with Crippen molar-refractivity contribution in [1.29, 1.82) is 0 Å². The van der Waals surface area contributed by atoms with Gasteiger partial charge in [0.15, 0.2) is 0 Å². The minimum Gasteiger partial charge on any atom is -0.365 e. The summed E-state index contributed by atoms with van der Waals surface area (Å²) < 4.78 is 1.80. The summed E-state index contributed by atoms with van der Waals surface area (Å²) in [5.41, 5.74) is 2.25. The lowest BCUT2D eigenvalue weighted by Crippen LogP contribution is -2.11. The number of hydrogen-bond donors (Lipinski definition) is 1. The minimum absolute atomic E-state index is 0.649. The first-order valence-corrected chi connectivity index (χ1v) is 7.63. The average Bonchev–Trinajstić information content (AvgIpc) is 3.09. The van der Waals surface area contributed by atoms with Crippen molar-refractivity contribution < 1.29 is 0 Å². The Morgan fingerprint density at radius 1 is 1.40 bits per heavy atom. The molecule has 0 aromatic carbocycles. The molecule has 6 heteroatoms. The lowest BCUT2D eigenvalue weighted by Gasteiger charge is -2.14. The van der Waals surface area contributed by atoms with Gasteiger partial charge in [-0.1, -0.05) is 19.4 Å². The highest BCUT2D eigenvalue weighted by Gasteiger charge is 2.13. The smallest absolute Gasteiger partial charge is 0.254 e. The van der Waals surface area contributed by atoms with Gasteiger partial charge >= 0.3 is 0 Å². The zero-order chi connectivity index (χ0) is 13.9. The Morgan fingerprint density at radius 2 is 2.30 bits per heavy atom. The predicted octanol–water partition coefficient (Wildman–Crippen LogP) is 3.06. The number of aromatic nitrogens is 4. The van der Waals surface area contributed by atoms with Crippen molar-refractivity contribution in [3.8, 4) is 0 Å². The zero-order valence-corrected chi connectivity index (χ0v) is 12.4. The van der Waals surface area contributed by atoms with Crippen molar-refractivity contribution in [3.63, 3.8) is 0 Å². The number of hydrogen-bond acceptors (Lipinski definition) is 5. The maximum atomic E-state index is 4.51. The fourth-order valence-electron chi connectivity index (χ4n) is 2.30. The number of thiophene rings is 1. The molecule has 0 bridgehead atoms.